The number of thiocarbonyl (C=S) groups is 1. The maximum Gasteiger partial charge on any atom is 0.416 e. The number of anilines is 2. The van der Waals surface area contributed by atoms with Crippen molar-refractivity contribution in [2.75, 3.05) is 24.2 Å². The van der Waals surface area contributed by atoms with Crippen LogP contribution in [0.4, 0.5) is 24.5 Å². The number of hydrogen-bond donors (Lipinski definition) is 3. The maximum atomic E-state index is 13.5. The van der Waals surface area contributed by atoms with Gasteiger partial charge in [-0.3, -0.25) is 4.74 Å². The van der Waals surface area contributed by atoms with E-state index in [0.29, 0.717) is 18.7 Å². The van der Waals surface area contributed by atoms with Gasteiger partial charge < -0.3 is 16.0 Å². The Balaban J connectivity index is 1.48. The Labute approximate surface area is 267 Å². The third-order valence-electron chi connectivity index (χ3n) is 7.43. The Bertz CT molecular complexity index is 1650. The molecule has 0 aromatic heterocycles. The average molecular weight is 643 g/mol. The predicted molar refractivity (Wildman–Crippen MR) is 187 cm³/mol. The average Bonchev–Trinajstić information content (AvgIpc) is 3.07. The molecule has 0 unspecified atom stereocenters. The fourth-order valence-corrected chi connectivity index (χ4v) is 9.17. The van der Waals surface area contributed by atoms with Crippen LogP contribution in [0.15, 0.2) is 144 Å². The molecule has 5 rings (SSSR count). The molecule has 5 aromatic carbocycles. The molecule has 9 heteroatoms. The second-order valence-electron chi connectivity index (χ2n) is 10.4. The number of nitrogens with one attached hydrogen (secondary N) is 3. The summed E-state index contributed by atoms with van der Waals surface area (Å²) in [4.78, 5) is 0. The molecule has 0 bridgehead atoms. The van der Waals surface area contributed by atoms with E-state index in [1.54, 1.807) is 13.1 Å². The van der Waals surface area contributed by atoms with Crippen molar-refractivity contribution in [2.24, 2.45) is 4.74 Å². The van der Waals surface area contributed by atoms with Gasteiger partial charge in [0.05, 0.1) is 18.7 Å². The van der Waals surface area contributed by atoms with Gasteiger partial charge in [-0.2, -0.15) is 13.2 Å². The Morgan fingerprint density at radius 1 is 0.711 bits per heavy atom. The highest BCUT2D eigenvalue weighted by Crippen LogP contribution is 2.46. The summed E-state index contributed by atoms with van der Waals surface area (Å²) in [5.74, 6) is 0. The second-order valence-corrected chi connectivity index (χ2v) is 13.9. The van der Waals surface area contributed by atoms with Gasteiger partial charge in [0, 0.05) is 40.9 Å². The van der Waals surface area contributed by atoms with Crippen LogP contribution in [0.25, 0.3) is 0 Å². The molecular formula is C36H34F3N4PS. The lowest BCUT2D eigenvalue weighted by atomic mass is 10.0. The summed E-state index contributed by atoms with van der Waals surface area (Å²) < 4.78 is 46.2. The van der Waals surface area contributed by atoms with Crippen LogP contribution in [0, 0.1) is 0 Å². The SMILES string of the molecule is CNc1cc(NC(=S)N[C@H](CCN=P(c2ccccc2)(c2ccccc2)c2ccccc2)c2ccccc2)cc(C(F)(F)F)c1. The largest absolute Gasteiger partial charge is 0.416 e. The van der Waals surface area contributed by atoms with E-state index in [1.165, 1.54) is 0 Å². The topological polar surface area (TPSA) is 48.4 Å². The lowest BCUT2D eigenvalue weighted by molar-refractivity contribution is -0.137. The number of nitrogens with zero attached hydrogens (tertiary/aromatic N) is 1. The van der Waals surface area contributed by atoms with Gasteiger partial charge >= 0.3 is 6.18 Å². The first-order chi connectivity index (χ1) is 21.8. The fraction of sp³-hybridized carbons (Fsp3) is 0.139. The molecule has 0 aliphatic rings. The molecule has 0 saturated carbocycles. The summed E-state index contributed by atoms with van der Waals surface area (Å²) in [6.07, 6.45) is -3.89. The third kappa shape index (κ3) is 7.83. The Morgan fingerprint density at radius 3 is 1.64 bits per heavy atom. The van der Waals surface area contributed by atoms with Crippen molar-refractivity contribution in [1.29, 1.82) is 0 Å². The first-order valence-corrected chi connectivity index (χ1v) is 16.7. The molecule has 0 amide bonds. The zero-order chi connectivity index (χ0) is 31.7. The molecule has 4 nitrogen and oxygen atoms in total. The minimum atomic E-state index is -4.49. The summed E-state index contributed by atoms with van der Waals surface area (Å²) in [7, 11) is -0.808. The number of rotatable bonds is 10. The second kappa shape index (κ2) is 14.6. The first-order valence-electron chi connectivity index (χ1n) is 14.6. The van der Waals surface area contributed by atoms with E-state index in [0.717, 1.165) is 33.6 Å². The van der Waals surface area contributed by atoms with Crippen LogP contribution in [0.1, 0.15) is 23.6 Å². The van der Waals surface area contributed by atoms with Gasteiger partial charge in [-0.05, 0) is 42.4 Å². The molecule has 230 valence electrons. The predicted octanol–water partition coefficient (Wildman–Crippen LogP) is 8.34. The van der Waals surface area contributed by atoms with Gasteiger partial charge in [-0.15, -0.1) is 0 Å². The Hall–Kier alpha value is -4.39. The van der Waals surface area contributed by atoms with Crippen molar-refractivity contribution >= 4 is 51.7 Å². The molecule has 0 fully saturated rings. The third-order valence-corrected chi connectivity index (χ3v) is 11.4. The van der Waals surface area contributed by atoms with Crippen molar-refractivity contribution < 1.29 is 13.2 Å². The van der Waals surface area contributed by atoms with Crippen molar-refractivity contribution in [1.82, 2.24) is 5.32 Å². The molecule has 0 heterocycles. The van der Waals surface area contributed by atoms with Gasteiger partial charge in [-0.1, -0.05) is 121 Å². The molecule has 0 aliphatic carbocycles. The molecule has 5 aromatic rings. The van der Waals surface area contributed by atoms with Gasteiger partial charge in [0.1, 0.15) is 0 Å². The van der Waals surface area contributed by atoms with Crippen molar-refractivity contribution in [3.8, 4) is 0 Å². The van der Waals surface area contributed by atoms with Gasteiger partial charge in [0.25, 0.3) is 0 Å². The van der Waals surface area contributed by atoms with Crippen LogP contribution in [-0.2, 0) is 6.18 Å². The first kappa shape index (κ1) is 32.0. The zero-order valence-electron chi connectivity index (χ0n) is 24.7. The summed E-state index contributed by atoms with van der Waals surface area (Å²) in [6, 6.07) is 44.6. The molecule has 0 spiro atoms. The van der Waals surface area contributed by atoms with Crippen LogP contribution in [-0.4, -0.2) is 18.7 Å². The van der Waals surface area contributed by atoms with E-state index in [-0.39, 0.29) is 16.8 Å². The molecule has 0 saturated heterocycles. The Morgan fingerprint density at radius 2 is 1.18 bits per heavy atom. The smallest absolute Gasteiger partial charge is 0.388 e. The highest BCUT2D eigenvalue weighted by Gasteiger charge is 2.31. The number of hydrogen-bond acceptors (Lipinski definition) is 3. The van der Waals surface area contributed by atoms with Gasteiger partial charge in [0.2, 0.25) is 0 Å². The van der Waals surface area contributed by atoms with E-state index >= 15 is 0 Å². The van der Waals surface area contributed by atoms with E-state index < -0.39 is 18.8 Å². The lowest BCUT2D eigenvalue weighted by Crippen LogP contribution is -2.33. The molecule has 0 radical (unpaired) electrons. The van der Waals surface area contributed by atoms with Gasteiger partial charge in [-0.25, -0.2) is 0 Å². The van der Waals surface area contributed by atoms with E-state index in [9.17, 15) is 13.2 Å². The standard InChI is InChI=1S/C36H34F3N4PS/c1-40-29-24-28(36(37,38)39)25-30(26-29)42-35(45)43-34(27-14-6-2-7-15-27)22-23-41-44(31-16-8-3-9-17-31,32-18-10-4-11-19-32)33-20-12-5-13-21-33/h2-21,24-26,34,40H,22-23H2,1H3,(H2,42,43,45)/t34-/m1/s1. The number of benzene rings is 5. The summed E-state index contributed by atoms with van der Waals surface area (Å²) in [5, 5.41) is 12.8. The number of halogens is 3. The van der Waals surface area contributed by atoms with E-state index in [2.05, 4.69) is 88.7 Å². The normalized spacial score (nSPS) is 12.2. The summed E-state index contributed by atoms with van der Waals surface area (Å²) in [5.41, 5.74) is 0.808. The molecule has 1 atom stereocenters. The summed E-state index contributed by atoms with van der Waals surface area (Å²) in [6.45, 7) is 0.509. The minimum Gasteiger partial charge on any atom is -0.388 e. The minimum absolute atomic E-state index is 0.223. The quantitative estimate of drug-likeness (QED) is 0.106. The summed E-state index contributed by atoms with van der Waals surface area (Å²) >= 11 is 5.63. The number of alkyl halides is 3. The Kier molecular flexibility index (Phi) is 10.4. The molecule has 3 N–H and O–H groups in total. The van der Waals surface area contributed by atoms with Crippen molar-refractivity contribution in [2.45, 2.75) is 18.6 Å². The van der Waals surface area contributed by atoms with Crippen LogP contribution >= 0.6 is 19.3 Å². The van der Waals surface area contributed by atoms with Crippen molar-refractivity contribution in [3.05, 3.63) is 151 Å². The molecular weight excluding hydrogens is 608 g/mol. The van der Waals surface area contributed by atoms with E-state index in [4.69, 9.17) is 17.0 Å². The lowest BCUT2D eigenvalue weighted by Gasteiger charge is -2.28. The fourth-order valence-electron chi connectivity index (χ4n) is 5.30. The zero-order valence-corrected chi connectivity index (χ0v) is 26.4. The highest BCUT2D eigenvalue weighted by molar-refractivity contribution is 7.87. The van der Waals surface area contributed by atoms with Crippen molar-refractivity contribution in [3.63, 3.8) is 0 Å². The van der Waals surface area contributed by atoms with Crippen LogP contribution in [0.3, 0.4) is 0 Å². The van der Waals surface area contributed by atoms with Crippen LogP contribution < -0.4 is 31.9 Å². The van der Waals surface area contributed by atoms with Crippen LogP contribution in [0.2, 0.25) is 0 Å². The molecule has 0 aliphatic heterocycles. The van der Waals surface area contributed by atoms with Gasteiger partial charge in [0.15, 0.2) is 5.11 Å². The van der Waals surface area contributed by atoms with E-state index in [1.807, 2.05) is 48.5 Å². The van der Waals surface area contributed by atoms with Crippen LogP contribution in [0.5, 0.6) is 0 Å². The maximum absolute atomic E-state index is 13.5. The molecule has 45 heavy (non-hydrogen) atoms. The highest BCUT2D eigenvalue weighted by atomic mass is 32.1. The monoisotopic (exact) mass is 642 g/mol.